The van der Waals surface area contributed by atoms with E-state index in [2.05, 4.69) is 48.6 Å². The largest absolute Gasteiger partial charge is 0.310 e. The molecule has 2 unspecified atom stereocenters. The fraction of sp³-hybridized carbons (Fsp3) is 0.294. The summed E-state index contributed by atoms with van der Waals surface area (Å²) in [7, 11) is 0. The molecule has 0 saturated carbocycles. The number of likely N-dealkylation sites (N-methyl/N-ethyl adjacent to an activating group) is 1. The Bertz CT molecular complexity index is 562. The molecular formula is C17H18ClN. The van der Waals surface area contributed by atoms with Crippen molar-refractivity contribution in [3.63, 3.8) is 0 Å². The number of nitrogens with one attached hydrogen (secondary N) is 1. The molecule has 2 atom stereocenters. The van der Waals surface area contributed by atoms with Crippen LogP contribution in [0.15, 0.2) is 48.5 Å². The summed E-state index contributed by atoms with van der Waals surface area (Å²) in [6, 6.07) is 17.4. The van der Waals surface area contributed by atoms with Gasteiger partial charge in [0, 0.05) is 17.0 Å². The standard InChI is InChI=1S/C17H18ClN/c1-2-19-17(12-7-9-14(18)10-8-12)16-11-13-5-3-4-6-15(13)16/h3-10,16-17,19H,2,11H2,1H3. The van der Waals surface area contributed by atoms with Crippen LogP contribution in [-0.4, -0.2) is 6.54 Å². The molecule has 3 rings (SSSR count). The molecule has 19 heavy (non-hydrogen) atoms. The summed E-state index contributed by atoms with van der Waals surface area (Å²) in [4.78, 5) is 0. The van der Waals surface area contributed by atoms with Gasteiger partial charge in [-0.3, -0.25) is 0 Å². The average Bonchev–Trinajstić information content (AvgIpc) is 2.40. The molecule has 0 aromatic heterocycles. The van der Waals surface area contributed by atoms with Crippen LogP contribution in [0, 0.1) is 0 Å². The molecular weight excluding hydrogens is 254 g/mol. The maximum absolute atomic E-state index is 5.98. The topological polar surface area (TPSA) is 12.0 Å². The van der Waals surface area contributed by atoms with E-state index >= 15 is 0 Å². The highest BCUT2D eigenvalue weighted by atomic mass is 35.5. The van der Waals surface area contributed by atoms with Crippen molar-refractivity contribution in [2.75, 3.05) is 6.54 Å². The fourth-order valence-corrected chi connectivity index (χ4v) is 3.10. The normalized spacial score (nSPS) is 18.5. The van der Waals surface area contributed by atoms with Gasteiger partial charge in [-0.05, 0) is 41.8 Å². The van der Waals surface area contributed by atoms with Crippen molar-refractivity contribution in [3.05, 3.63) is 70.2 Å². The van der Waals surface area contributed by atoms with Crippen LogP contribution in [0.4, 0.5) is 0 Å². The first-order valence-corrected chi connectivity index (χ1v) is 7.24. The van der Waals surface area contributed by atoms with Crippen LogP contribution in [-0.2, 0) is 6.42 Å². The Morgan fingerprint density at radius 1 is 1.16 bits per heavy atom. The van der Waals surface area contributed by atoms with E-state index in [-0.39, 0.29) is 0 Å². The highest BCUT2D eigenvalue weighted by Crippen LogP contribution is 2.43. The maximum atomic E-state index is 5.98. The summed E-state index contributed by atoms with van der Waals surface area (Å²) in [5.74, 6) is 0.581. The van der Waals surface area contributed by atoms with Gasteiger partial charge in [-0.15, -0.1) is 0 Å². The Kier molecular flexibility index (Phi) is 3.58. The molecule has 0 saturated heterocycles. The Hall–Kier alpha value is -1.31. The van der Waals surface area contributed by atoms with Gasteiger partial charge in [0.25, 0.3) is 0 Å². The van der Waals surface area contributed by atoms with Gasteiger partial charge in [0.05, 0.1) is 0 Å². The average molecular weight is 272 g/mol. The van der Waals surface area contributed by atoms with Crippen LogP contribution in [0.1, 0.15) is 35.6 Å². The summed E-state index contributed by atoms with van der Waals surface area (Å²) in [6.07, 6.45) is 1.16. The van der Waals surface area contributed by atoms with Crippen LogP contribution in [0.2, 0.25) is 5.02 Å². The van der Waals surface area contributed by atoms with E-state index in [1.54, 1.807) is 0 Å². The van der Waals surface area contributed by atoms with Crippen molar-refractivity contribution < 1.29 is 0 Å². The number of fused-ring (bicyclic) bond motifs is 1. The number of benzene rings is 2. The summed E-state index contributed by atoms with van der Waals surface area (Å²) in [5.41, 5.74) is 4.30. The Morgan fingerprint density at radius 2 is 1.89 bits per heavy atom. The van der Waals surface area contributed by atoms with Gasteiger partial charge in [-0.25, -0.2) is 0 Å². The second kappa shape index (κ2) is 5.36. The Labute approximate surface area is 119 Å². The lowest BCUT2D eigenvalue weighted by atomic mass is 9.71. The molecule has 0 spiro atoms. The lowest BCUT2D eigenvalue weighted by Crippen LogP contribution is -2.33. The van der Waals surface area contributed by atoms with E-state index in [1.165, 1.54) is 16.7 Å². The first kappa shape index (κ1) is 12.7. The van der Waals surface area contributed by atoms with E-state index in [0.29, 0.717) is 12.0 Å². The molecule has 2 heteroatoms. The highest BCUT2D eigenvalue weighted by molar-refractivity contribution is 6.30. The lowest BCUT2D eigenvalue weighted by molar-refractivity contribution is 0.420. The number of hydrogen-bond acceptors (Lipinski definition) is 1. The minimum Gasteiger partial charge on any atom is -0.310 e. The zero-order chi connectivity index (χ0) is 13.2. The first-order chi connectivity index (χ1) is 9.29. The fourth-order valence-electron chi connectivity index (χ4n) is 2.98. The van der Waals surface area contributed by atoms with Crippen molar-refractivity contribution in [1.82, 2.24) is 5.32 Å². The van der Waals surface area contributed by atoms with E-state index in [1.807, 2.05) is 12.1 Å². The van der Waals surface area contributed by atoms with Crippen molar-refractivity contribution in [1.29, 1.82) is 0 Å². The smallest absolute Gasteiger partial charge is 0.0406 e. The monoisotopic (exact) mass is 271 g/mol. The third kappa shape index (κ3) is 2.41. The van der Waals surface area contributed by atoms with Crippen molar-refractivity contribution in [2.24, 2.45) is 0 Å². The van der Waals surface area contributed by atoms with Gasteiger partial charge in [0.1, 0.15) is 0 Å². The van der Waals surface area contributed by atoms with Crippen molar-refractivity contribution >= 4 is 11.6 Å². The minimum absolute atomic E-state index is 0.386. The van der Waals surface area contributed by atoms with Gasteiger partial charge in [0.15, 0.2) is 0 Å². The number of halogens is 1. The predicted molar refractivity (Wildman–Crippen MR) is 80.8 cm³/mol. The molecule has 2 aromatic rings. The summed E-state index contributed by atoms with van der Waals surface area (Å²) in [5, 5.41) is 4.42. The van der Waals surface area contributed by atoms with Gasteiger partial charge >= 0.3 is 0 Å². The first-order valence-electron chi connectivity index (χ1n) is 6.86. The summed E-state index contributed by atoms with van der Waals surface area (Å²) < 4.78 is 0. The molecule has 0 radical (unpaired) electrons. The summed E-state index contributed by atoms with van der Waals surface area (Å²) >= 11 is 5.98. The molecule has 98 valence electrons. The van der Waals surface area contributed by atoms with E-state index < -0.39 is 0 Å². The van der Waals surface area contributed by atoms with Crippen LogP contribution >= 0.6 is 11.6 Å². The summed E-state index contributed by atoms with van der Waals surface area (Å²) in [6.45, 7) is 3.14. The molecule has 1 nitrogen and oxygen atoms in total. The molecule has 0 amide bonds. The minimum atomic E-state index is 0.386. The van der Waals surface area contributed by atoms with Gasteiger partial charge < -0.3 is 5.32 Å². The molecule has 1 aliphatic rings. The Balaban J connectivity index is 1.89. The molecule has 2 aromatic carbocycles. The Morgan fingerprint density at radius 3 is 2.58 bits per heavy atom. The zero-order valence-corrected chi connectivity index (χ0v) is 11.8. The molecule has 0 fully saturated rings. The second-order valence-electron chi connectivity index (χ2n) is 5.10. The lowest BCUT2D eigenvalue weighted by Gasteiger charge is -2.37. The molecule has 1 aliphatic carbocycles. The van der Waals surface area contributed by atoms with Gasteiger partial charge in [-0.1, -0.05) is 54.9 Å². The van der Waals surface area contributed by atoms with Crippen LogP contribution in [0.5, 0.6) is 0 Å². The third-order valence-electron chi connectivity index (χ3n) is 3.95. The molecule has 0 aliphatic heterocycles. The van der Waals surface area contributed by atoms with Crippen LogP contribution < -0.4 is 5.32 Å². The SMILES string of the molecule is CCNC(c1ccc(Cl)cc1)C1Cc2ccccc21. The molecule has 0 bridgehead atoms. The van der Waals surface area contributed by atoms with E-state index in [4.69, 9.17) is 11.6 Å². The van der Waals surface area contributed by atoms with Crippen LogP contribution in [0.3, 0.4) is 0 Å². The quantitative estimate of drug-likeness (QED) is 0.873. The zero-order valence-electron chi connectivity index (χ0n) is 11.1. The highest BCUT2D eigenvalue weighted by Gasteiger charge is 2.32. The van der Waals surface area contributed by atoms with Crippen LogP contribution in [0.25, 0.3) is 0 Å². The third-order valence-corrected chi connectivity index (χ3v) is 4.20. The van der Waals surface area contributed by atoms with Gasteiger partial charge in [-0.2, -0.15) is 0 Å². The van der Waals surface area contributed by atoms with Crippen molar-refractivity contribution in [3.8, 4) is 0 Å². The van der Waals surface area contributed by atoms with E-state index in [9.17, 15) is 0 Å². The van der Waals surface area contributed by atoms with Crippen molar-refractivity contribution in [2.45, 2.75) is 25.3 Å². The number of hydrogen-bond donors (Lipinski definition) is 1. The molecule has 0 heterocycles. The molecule has 1 N–H and O–H groups in total. The van der Waals surface area contributed by atoms with E-state index in [0.717, 1.165) is 18.0 Å². The van der Waals surface area contributed by atoms with Gasteiger partial charge in [0.2, 0.25) is 0 Å². The number of rotatable bonds is 4. The predicted octanol–water partition coefficient (Wildman–Crippen LogP) is 4.33. The maximum Gasteiger partial charge on any atom is 0.0406 e. The second-order valence-corrected chi connectivity index (χ2v) is 5.53.